The van der Waals surface area contributed by atoms with Gasteiger partial charge in [0.05, 0.1) is 18.5 Å². The number of phenols is 1. The summed E-state index contributed by atoms with van der Waals surface area (Å²) < 4.78 is 40.8. The Morgan fingerprint density at radius 2 is 1.67 bits per heavy atom. The number of quaternary nitrogens is 1. The van der Waals surface area contributed by atoms with Crippen molar-refractivity contribution in [3.8, 4) is 17.2 Å². The van der Waals surface area contributed by atoms with Crippen LogP contribution in [0.5, 0.6) is 17.2 Å². The highest BCUT2D eigenvalue weighted by Crippen LogP contribution is 2.34. The first-order chi connectivity index (χ1) is 21.8. The normalized spacial score (nSPS) is 19.5. The van der Waals surface area contributed by atoms with Crippen LogP contribution in [-0.4, -0.2) is 79.2 Å². The number of benzene rings is 3. The second-order valence-electron chi connectivity index (χ2n) is 12.4. The van der Waals surface area contributed by atoms with Crippen LogP contribution in [0.2, 0.25) is 0 Å². The molecule has 0 bridgehead atoms. The molecule has 13 heteroatoms. The van der Waals surface area contributed by atoms with Crippen molar-refractivity contribution in [2.24, 2.45) is 5.73 Å². The van der Waals surface area contributed by atoms with Crippen LogP contribution >= 0.6 is 0 Å². The summed E-state index contributed by atoms with van der Waals surface area (Å²) in [5.74, 6) is 0.821. The minimum atomic E-state index is -3.72. The van der Waals surface area contributed by atoms with Gasteiger partial charge in [0.1, 0.15) is 30.2 Å². The number of carbonyl (C=O) groups is 2. The number of likely N-dealkylation sites (tertiary alicyclic amines) is 1. The number of nitrogens with two attached hydrogens (primary N) is 1. The molecule has 1 fully saturated rings. The van der Waals surface area contributed by atoms with Crippen LogP contribution in [-0.2, 0) is 27.8 Å². The van der Waals surface area contributed by atoms with Gasteiger partial charge in [0, 0.05) is 30.9 Å². The Labute approximate surface area is 269 Å². The van der Waals surface area contributed by atoms with Crippen molar-refractivity contribution in [1.29, 1.82) is 0 Å². The lowest BCUT2D eigenvalue weighted by atomic mass is 10.0. The molecule has 0 radical (unpaired) electrons. The SMILES string of the molecule is CC(C)NS(=O)(=O)c1ccc(NC(=O)/[N+](=C2\CCC[N+](C)(Cc3ccc4c(c3)OCO4)C2)[C@@H](Cc2ccc(O)cc2)C(N)=O)cc1. The predicted octanol–water partition coefficient (Wildman–Crippen LogP) is 3.33. The van der Waals surface area contributed by atoms with Crippen LogP contribution in [0.15, 0.2) is 71.6 Å². The Hall–Kier alpha value is -4.46. The van der Waals surface area contributed by atoms with Crippen LogP contribution < -0.4 is 25.2 Å². The van der Waals surface area contributed by atoms with Gasteiger partial charge in [-0.25, -0.2) is 18.5 Å². The van der Waals surface area contributed by atoms with Crippen molar-refractivity contribution in [3.63, 3.8) is 0 Å². The number of urea groups is 1. The minimum Gasteiger partial charge on any atom is -0.508 e. The molecule has 3 amide bonds. The van der Waals surface area contributed by atoms with E-state index in [0.717, 1.165) is 29.8 Å². The molecule has 3 aromatic rings. The quantitative estimate of drug-likeness (QED) is 0.193. The van der Waals surface area contributed by atoms with Crippen molar-refractivity contribution in [2.75, 3.05) is 32.2 Å². The highest BCUT2D eigenvalue weighted by molar-refractivity contribution is 7.89. The largest absolute Gasteiger partial charge is 0.508 e. The zero-order chi connectivity index (χ0) is 33.1. The number of amides is 3. The van der Waals surface area contributed by atoms with Crippen LogP contribution in [0.1, 0.15) is 37.8 Å². The van der Waals surface area contributed by atoms with E-state index in [9.17, 15) is 23.1 Å². The summed E-state index contributed by atoms with van der Waals surface area (Å²) >= 11 is 0. The molecular formula is C33H41N5O7S+2. The molecule has 1 saturated heterocycles. The number of anilines is 1. The van der Waals surface area contributed by atoms with E-state index in [4.69, 9.17) is 15.2 Å². The number of sulfonamides is 1. The summed E-state index contributed by atoms with van der Waals surface area (Å²) in [6.45, 7) is 5.66. The number of carbonyl (C=O) groups excluding carboxylic acids is 2. The lowest BCUT2D eigenvalue weighted by Crippen LogP contribution is -2.56. The maximum atomic E-state index is 14.1. The van der Waals surface area contributed by atoms with Crippen molar-refractivity contribution >= 4 is 33.4 Å². The summed E-state index contributed by atoms with van der Waals surface area (Å²) in [6, 6.07) is 16.3. The lowest BCUT2D eigenvalue weighted by molar-refractivity contribution is -0.918. The van der Waals surface area contributed by atoms with Crippen LogP contribution in [0.4, 0.5) is 10.5 Å². The van der Waals surface area contributed by atoms with Crippen LogP contribution in [0.3, 0.4) is 0 Å². The Kier molecular flexibility index (Phi) is 9.66. The Morgan fingerprint density at radius 1 is 1.00 bits per heavy atom. The maximum absolute atomic E-state index is 14.1. The van der Waals surface area contributed by atoms with E-state index in [-0.39, 0.29) is 29.9 Å². The monoisotopic (exact) mass is 651 g/mol. The molecule has 0 saturated carbocycles. The summed E-state index contributed by atoms with van der Waals surface area (Å²) in [4.78, 5) is 27.2. The minimum absolute atomic E-state index is 0.0663. The van der Waals surface area contributed by atoms with E-state index in [1.165, 1.54) is 41.0 Å². The van der Waals surface area contributed by atoms with E-state index >= 15 is 0 Å². The molecule has 2 aliphatic heterocycles. The van der Waals surface area contributed by atoms with E-state index in [0.29, 0.717) is 41.2 Å². The van der Waals surface area contributed by atoms with Crippen molar-refractivity contribution in [1.82, 2.24) is 4.72 Å². The number of fused-ring (bicyclic) bond motifs is 1. The molecule has 2 heterocycles. The van der Waals surface area contributed by atoms with E-state index in [1.54, 1.807) is 26.0 Å². The average Bonchev–Trinajstić information content (AvgIpc) is 3.45. The Morgan fingerprint density at radius 3 is 2.35 bits per heavy atom. The topological polar surface area (TPSA) is 160 Å². The summed E-state index contributed by atoms with van der Waals surface area (Å²) in [7, 11) is -1.60. The first-order valence-corrected chi connectivity index (χ1v) is 16.7. The molecule has 12 nitrogen and oxygen atoms in total. The second-order valence-corrected chi connectivity index (χ2v) is 14.1. The number of hydrogen-bond acceptors (Lipinski definition) is 7. The van der Waals surface area contributed by atoms with Crippen molar-refractivity contribution < 1.29 is 41.6 Å². The number of primary amides is 1. The molecule has 5 rings (SSSR count). The molecular weight excluding hydrogens is 610 g/mol. The molecule has 2 aliphatic rings. The third kappa shape index (κ3) is 7.84. The number of hydrogen-bond donors (Lipinski definition) is 4. The zero-order valence-corrected chi connectivity index (χ0v) is 27.0. The first kappa shape index (κ1) is 32.9. The highest BCUT2D eigenvalue weighted by atomic mass is 32.2. The van der Waals surface area contributed by atoms with Crippen LogP contribution in [0, 0.1) is 0 Å². The Bertz CT molecular complexity index is 1740. The zero-order valence-electron chi connectivity index (χ0n) is 26.2. The number of ether oxygens (including phenoxy) is 2. The van der Waals surface area contributed by atoms with E-state index in [1.807, 2.05) is 18.2 Å². The number of piperidine rings is 1. The van der Waals surface area contributed by atoms with Gasteiger partial charge in [0.15, 0.2) is 17.5 Å². The van der Waals surface area contributed by atoms with Gasteiger partial charge in [-0.3, -0.25) is 4.79 Å². The molecule has 2 atom stereocenters. The lowest BCUT2D eigenvalue weighted by Gasteiger charge is -2.38. The molecule has 5 N–H and O–H groups in total. The fourth-order valence-electron chi connectivity index (χ4n) is 6.03. The number of nitrogens with zero attached hydrogens (tertiary/aromatic N) is 2. The fourth-order valence-corrected chi connectivity index (χ4v) is 7.29. The standard InChI is InChI=1S/C33H39N5O7S/c1-22(2)36-46(42,43)28-13-9-25(10-14-28)35-33(41)37(29(32(34)40)17-23-6-11-27(39)12-7-23)26-5-4-16-38(3,20-26)19-24-8-15-30-31(18-24)45-21-44-30/h6-15,18,22,29,36H,4-5,16-17,19-21H2,1-3H3,(H2-2,34,35,39,40,41)/p+2/b37-26+/t29-,38?/m0/s1. The maximum Gasteiger partial charge on any atom is 0.496 e. The predicted molar refractivity (Wildman–Crippen MR) is 172 cm³/mol. The van der Waals surface area contributed by atoms with Crippen molar-refractivity contribution in [3.05, 3.63) is 77.9 Å². The van der Waals surface area contributed by atoms with Gasteiger partial charge in [-0.05, 0) is 74.0 Å². The number of nitrogens with one attached hydrogen (secondary N) is 2. The van der Waals surface area contributed by atoms with Gasteiger partial charge in [0.2, 0.25) is 16.8 Å². The number of aromatic hydroxyl groups is 1. The molecule has 1 unspecified atom stereocenters. The smallest absolute Gasteiger partial charge is 0.496 e. The van der Waals surface area contributed by atoms with Gasteiger partial charge in [-0.15, -0.1) is 0 Å². The molecule has 0 spiro atoms. The molecule has 3 aromatic carbocycles. The third-order valence-electron chi connectivity index (χ3n) is 8.10. The highest BCUT2D eigenvalue weighted by Gasteiger charge is 2.39. The van der Waals surface area contributed by atoms with Gasteiger partial charge in [-0.2, -0.15) is 9.37 Å². The second kappa shape index (κ2) is 13.5. The van der Waals surface area contributed by atoms with Gasteiger partial charge < -0.3 is 24.8 Å². The van der Waals surface area contributed by atoms with Gasteiger partial charge in [0.25, 0.3) is 5.91 Å². The molecule has 0 aromatic heterocycles. The summed E-state index contributed by atoms with van der Waals surface area (Å²) in [6.07, 6.45) is 1.50. The Balaban J connectivity index is 1.47. The van der Waals surface area contributed by atoms with Gasteiger partial charge >= 0.3 is 6.03 Å². The third-order valence-corrected chi connectivity index (χ3v) is 9.78. The van der Waals surface area contributed by atoms with E-state index < -0.39 is 28.0 Å². The molecule has 244 valence electrons. The van der Waals surface area contributed by atoms with E-state index in [2.05, 4.69) is 17.1 Å². The molecule has 46 heavy (non-hydrogen) atoms. The molecule has 0 aliphatic carbocycles. The van der Waals surface area contributed by atoms with Crippen LogP contribution in [0.25, 0.3) is 0 Å². The average molecular weight is 652 g/mol. The first-order valence-electron chi connectivity index (χ1n) is 15.2. The van der Waals surface area contributed by atoms with Gasteiger partial charge in [-0.1, -0.05) is 12.1 Å². The van der Waals surface area contributed by atoms with Crippen molar-refractivity contribution in [2.45, 2.75) is 56.6 Å². The number of rotatable bonds is 10. The number of phenolic OH excluding ortho intramolecular Hbond substituents is 1. The fraction of sp³-hybridized carbons (Fsp3) is 0.364. The summed E-state index contributed by atoms with van der Waals surface area (Å²) in [5, 5.41) is 12.6. The summed E-state index contributed by atoms with van der Waals surface area (Å²) in [5.41, 5.74) is 8.88.